The summed E-state index contributed by atoms with van der Waals surface area (Å²) in [6.07, 6.45) is 0. The Morgan fingerprint density at radius 3 is 2.27 bits per heavy atom. The number of carboxylic acids is 1. The Labute approximate surface area is 91.0 Å². The van der Waals surface area contributed by atoms with Gasteiger partial charge in [-0.3, -0.25) is 9.69 Å². The van der Waals surface area contributed by atoms with Gasteiger partial charge < -0.3 is 10.8 Å². The molecule has 1 aromatic rings. The molecule has 2 amide bonds. The molecule has 0 heterocycles. The Kier molecular flexibility index (Phi) is 3.51. The van der Waals surface area contributed by atoms with Crippen molar-refractivity contribution >= 4 is 29.3 Å². The maximum Gasteiger partial charge on any atom is 0.323 e. The van der Waals surface area contributed by atoms with E-state index in [9.17, 15) is 9.59 Å². The van der Waals surface area contributed by atoms with Gasteiger partial charge in [0.1, 0.15) is 6.54 Å². The predicted molar refractivity (Wildman–Crippen MR) is 56.0 cm³/mol. The fourth-order valence-corrected chi connectivity index (χ4v) is 1.18. The Bertz CT molecular complexity index is 377. The van der Waals surface area contributed by atoms with E-state index in [0.717, 1.165) is 4.90 Å². The summed E-state index contributed by atoms with van der Waals surface area (Å²) in [4.78, 5) is 22.4. The summed E-state index contributed by atoms with van der Waals surface area (Å²) in [7, 11) is 0. The van der Waals surface area contributed by atoms with Crippen LogP contribution in [0.15, 0.2) is 24.3 Å². The molecular weight excluding hydrogens is 220 g/mol. The van der Waals surface area contributed by atoms with Gasteiger partial charge in [0.25, 0.3) is 0 Å². The Morgan fingerprint density at radius 1 is 1.33 bits per heavy atom. The number of primary amides is 1. The van der Waals surface area contributed by atoms with Crippen molar-refractivity contribution in [2.24, 2.45) is 5.73 Å². The molecule has 0 spiro atoms. The first-order chi connectivity index (χ1) is 7.00. The number of amides is 2. The zero-order valence-corrected chi connectivity index (χ0v) is 8.44. The van der Waals surface area contributed by atoms with E-state index >= 15 is 0 Å². The highest BCUT2D eigenvalue weighted by Gasteiger charge is 2.15. The molecule has 0 atom stereocenters. The topological polar surface area (TPSA) is 83.6 Å². The van der Waals surface area contributed by atoms with E-state index in [-0.39, 0.29) is 0 Å². The van der Waals surface area contributed by atoms with E-state index in [1.807, 2.05) is 0 Å². The van der Waals surface area contributed by atoms with Crippen molar-refractivity contribution in [3.63, 3.8) is 0 Å². The maximum atomic E-state index is 11.0. The van der Waals surface area contributed by atoms with Crippen LogP contribution in [-0.4, -0.2) is 23.7 Å². The third-order valence-corrected chi connectivity index (χ3v) is 1.95. The molecule has 0 aliphatic rings. The van der Waals surface area contributed by atoms with Crippen molar-refractivity contribution in [1.29, 1.82) is 0 Å². The first kappa shape index (κ1) is 11.3. The van der Waals surface area contributed by atoms with Crippen molar-refractivity contribution in [3.8, 4) is 0 Å². The smallest absolute Gasteiger partial charge is 0.323 e. The number of anilines is 1. The number of hydrogen-bond acceptors (Lipinski definition) is 2. The van der Waals surface area contributed by atoms with Crippen molar-refractivity contribution in [3.05, 3.63) is 29.3 Å². The number of halogens is 1. The number of aliphatic carboxylic acids is 1. The van der Waals surface area contributed by atoms with Crippen molar-refractivity contribution in [2.75, 3.05) is 11.4 Å². The van der Waals surface area contributed by atoms with Crippen LogP contribution in [0.25, 0.3) is 0 Å². The molecule has 0 saturated carbocycles. The van der Waals surface area contributed by atoms with Crippen LogP contribution in [-0.2, 0) is 4.79 Å². The second kappa shape index (κ2) is 4.65. The number of rotatable bonds is 3. The lowest BCUT2D eigenvalue weighted by atomic mass is 10.3. The molecule has 6 heteroatoms. The summed E-state index contributed by atoms with van der Waals surface area (Å²) < 4.78 is 0. The normalized spacial score (nSPS) is 9.67. The number of carboxylic acid groups (broad SMARTS) is 1. The van der Waals surface area contributed by atoms with Crippen molar-refractivity contribution < 1.29 is 14.7 Å². The second-order valence-corrected chi connectivity index (χ2v) is 3.23. The zero-order valence-electron chi connectivity index (χ0n) is 7.68. The minimum atomic E-state index is -1.14. The van der Waals surface area contributed by atoms with Crippen LogP contribution in [0.5, 0.6) is 0 Å². The lowest BCUT2D eigenvalue weighted by Gasteiger charge is -2.17. The van der Waals surface area contributed by atoms with Gasteiger partial charge in [0.15, 0.2) is 0 Å². The molecule has 1 rings (SSSR count). The molecule has 0 aliphatic heterocycles. The van der Waals surface area contributed by atoms with Gasteiger partial charge in [-0.15, -0.1) is 0 Å². The van der Waals surface area contributed by atoms with Gasteiger partial charge in [0, 0.05) is 10.7 Å². The minimum Gasteiger partial charge on any atom is -0.480 e. The fourth-order valence-electron chi connectivity index (χ4n) is 1.05. The fraction of sp³-hybridized carbons (Fsp3) is 0.111. The quantitative estimate of drug-likeness (QED) is 0.818. The summed E-state index contributed by atoms with van der Waals surface area (Å²) in [6, 6.07) is 5.33. The molecule has 0 aromatic heterocycles. The van der Waals surface area contributed by atoms with Crippen LogP contribution in [0, 0.1) is 0 Å². The van der Waals surface area contributed by atoms with Gasteiger partial charge in [-0.05, 0) is 24.3 Å². The van der Waals surface area contributed by atoms with Gasteiger partial charge in [-0.1, -0.05) is 11.6 Å². The average molecular weight is 229 g/mol. The lowest BCUT2D eigenvalue weighted by Crippen LogP contribution is -2.39. The summed E-state index contributed by atoms with van der Waals surface area (Å²) in [6.45, 7) is -0.475. The minimum absolute atomic E-state index is 0.398. The number of benzene rings is 1. The number of nitrogens with two attached hydrogens (primary N) is 1. The monoisotopic (exact) mass is 228 g/mol. The first-order valence-electron chi connectivity index (χ1n) is 4.05. The highest BCUT2D eigenvalue weighted by atomic mass is 35.5. The molecule has 0 radical (unpaired) electrons. The highest BCUT2D eigenvalue weighted by Crippen LogP contribution is 2.17. The van der Waals surface area contributed by atoms with Crippen LogP contribution in [0.2, 0.25) is 5.02 Å². The molecule has 0 unspecified atom stereocenters. The number of carbonyl (C=O) groups is 2. The third kappa shape index (κ3) is 3.14. The molecule has 0 fully saturated rings. The van der Waals surface area contributed by atoms with Gasteiger partial charge in [0.2, 0.25) is 0 Å². The van der Waals surface area contributed by atoms with Gasteiger partial charge in [-0.25, -0.2) is 4.79 Å². The number of carbonyl (C=O) groups excluding carboxylic acids is 1. The molecule has 80 valence electrons. The number of nitrogens with zero attached hydrogens (tertiary/aromatic N) is 1. The van der Waals surface area contributed by atoms with E-state index in [1.165, 1.54) is 12.1 Å². The Morgan fingerprint density at radius 2 is 1.87 bits per heavy atom. The molecular formula is C9H9ClN2O3. The third-order valence-electron chi connectivity index (χ3n) is 1.70. The molecule has 0 aliphatic carbocycles. The van der Waals surface area contributed by atoms with Crippen LogP contribution < -0.4 is 10.6 Å². The Balaban J connectivity index is 2.94. The van der Waals surface area contributed by atoms with E-state index < -0.39 is 18.5 Å². The summed E-state index contributed by atoms with van der Waals surface area (Å²) in [5.74, 6) is -1.14. The standard InChI is InChI=1S/C9H9ClN2O3/c10-6-1-3-7(4-2-6)12(9(11)15)5-8(13)14/h1-4H,5H2,(H2,11,15)(H,13,14). The zero-order chi connectivity index (χ0) is 11.4. The maximum absolute atomic E-state index is 11.0. The molecule has 1 aromatic carbocycles. The molecule has 3 N–H and O–H groups in total. The SMILES string of the molecule is NC(=O)N(CC(=O)O)c1ccc(Cl)cc1. The van der Waals surface area contributed by atoms with Crippen molar-refractivity contribution in [1.82, 2.24) is 0 Å². The van der Waals surface area contributed by atoms with Crippen molar-refractivity contribution in [2.45, 2.75) is 0 Å². The van der Waals surface area contributed by atoms with Gasteiger partial charge in [-0.2, -0.15) is 0 Å². The summed E-state index contributed by atoms with van der Waals surface area (Å²) >= 11 is 5.65. The highest BCUT2D eigenvalue weighted by molar-refractivity contribution is 6.30. The summed E-state index contributed by atoms with van der Waals surface area (Å²) in [5.41, 5.74) is 5.44. The lowest BCUT2D eigenvalue weighted by molar-refractivity contribution is -0.135. The summed E-state index contributed by atoms with van der Waals surface area (Å²) in [5, 5.41) is 9.07. The van der Waals surface area contributed by atoms with Crippen LogP contribution in [0.1, 0.15) is 0 Å². The van der Waals surface area contributed by atoms with E-state index in [1.54, 1.807) is 12.1 Å². The molecule has 0 saturated heterocycles. The van der Waals surface area contributed by atoms with Gasteiger partial charge in [0.05, 0.1) is 0 Å². The number of urea groups is 1. The Hall–Kier alpha value is -1.75. The number of hydrogen-bond donors (Lipinski definition) is 2. The predicted octanol–water partition coefficient (Wildman–Crippen LogP) is 1.31. The van der Waals surface area contributed by atoms with E-state index in [2.05, 4.69) is 0 Å². The molecule has 15 heavy (non-hydrogen) atoms. The molecule has 5 nitrogen and oxygen atoms in total. The molecule has 0 bridgehead atoms. The first-order valence-corrected chi connectivity index (χ1v) is 4.43. The van der Waals surface area contributed by atoms with Crippen LogP contribution >= 0.6 is 11.6 Å². The van der Waals surface area contributed by atoms with Gasteiger partial charge >= 0.3 is 12.0 Å². The van der Waals surface area contributed by atoms with E-state index in [0.29, 0.717) is 10.7 Å². The second-order valence-electron chi connectivity index (χ2n) is 2.79. The van der Waals surface area contributed by atoms with E-state index in [4.69, 9.17) is 22.4 Å². The largest absolute Gasteiger partial charge is 0.480 e. The van der Waals surface area contributed by atoms with Crippen LogP contribution in [0.3, 0.4) is 0 Å². The van der Waals surface area contributed by atoms with Crippen LogP contribution in [0.4, 0.5) is 10.5 Å². The average Bonchev–Trinajstić information content (AvgIpc) is 2.15.